The number of carbonyl (C=O) groups excluding carboxylic acids is 1. The van der Waals surface area contributed by atoms with Crippen LogP contribution in [-0.4, -0.2) is 47.7 Å². The fourth-order valence-electron chi connectivity index (χ4n) is 2.91. The highest BCUT2D eigenvalue weighted by Gasteiger charge is 2.47. The van der Waals surface area contributed by atoms with Gasteiger partial charge in [-0.3, -0.25) is 9.59 Å². The van der Waals surface area contributed by atoms with Gasteiger partial charge in [0.15, 0.2) is 0 Å². The van der Waals surface area contributed by atoms with E-state index in [-0.39, 0.29) is 24.3 Å². The lowest BCUT2D eigenvalue weighted by Crippen LogP contribution is -2.47. The zero-order valence-electron chi connectivity index (χ0n) is 11.9. The third-order valence-electron chi connectivity index (χ3n) is 4.09. The third-order valence-corrected chi connectivity index (χ3v) is 5.22. The summed E-state index contributed by atoms with van der Waals surface area (Å²) in [6.45, 7) is 3.48. The van der Waals surface area contributed by atoms with E-state index in [2.05, 4.69) is 19.1 Å². The lowest BCUT2D eigenvalue weighted by atomic mass is 10.1. The molecule has 6 heteroatoms. The molecule has 21 heavy (non-hydrogen) atoms. The normalized spacial score (nSPS) is 28.4. The van der Waals surface area contributed by atoms with Gasteiger partial charge in [-0.05, 0) is 25.5 Å². The lowest BCUT2D eigenvalue weighted by molar-refractivity contribution is -0.148. The lowest BCUT2D eigenvalue weighted by Gasteiger charge is -2.32. The fraction of sp³-hybridized carbons (Fsp3) is 0.600. The average molecular weight is 309 g/mol. The predicted octanol–water partition coefficient (Wildman–Crippen LogP) is 1.86. The summed E-state index contributed by atoms with van der Waals surface area (Å²) in [7, 11) is 0. The number of carbonyl (C=O) groups is 2. The number of hydrogen-bond donors (Lipinski definition) is 1. The van der Waals surface area contributed by atoms with Crippen molar-refractivity contribution in [3.8, 4) is 0 Å². The number of amides is 1. The van der Waals surface area contributed by atoms with Crippen molar-refractivity contribution in [3.05, 3.63) is 21.9 Å². The fourth-order valence-corrected chi connectivity index (χ4v) is 3.96. The number of thiophene rings is 1. The SMILES string of the molecule is Cc1ccc([C@@H]2C[C@H]2C(=O)N2CCO[C@H](CC(=O)O)C2)s1. The Kier molecular flexibility index (Phi) is 3.99. The van der Waals surface area contributed by atoms with Gasteiger partial charge in [0.25, 0.3) is 0 Å². The van der Waals surface area contributed by atoms with Crippen molar-refractivity contribution in [2.24, 2.45) is 5.92 Å². The number of rotatable bonds is 4. The largest absolute Gasteiger partial charge is 0.481 e. The molecule has 1 aromatic heterocycles. The summed E-state index contributed by atoms with van der Waals surface area (Å²) in [5, 5.41) is 8.82. The van der Waals surface area contributed by atoms with E-state index in [0.29, 0.717) is 25.6 Å². The van der Waals surface area contributed by atoms with E-state index in [0.717, 1.165) is 6.42 Å². The maximum Gasteiger partial charge on any atom is 0.306 e. The molecule has 1 aromatic rings. The monoisotopic (exact) mass is 309 g/mol. The van der Waals surface area contributed by atoms with Crippen LogP contribution in [-0.2, 0) is 14.3 Å². The van der Waals surface area contributed by atoms with E-state index in [1.165, 1.54) is 9.75 Å². The molecule has 0 spiro atoms. The second-order valence-corrected chi connectivity index (χ2v) is 7.09. The second-order valence-electron chi connectivity index (χ2n) is 5.77. The van der Waals surface area contributed by atoms with Crippen LogP contribution < -0.4 is 0 Å². The molecule has 2 fully saturated rings. The van der Waals surface area contributed by atoms with Gasteiger partial charge in [0.2, 0.25) is 5.91 Å². The van der Waals surface area contributed by atoms with Gasteiger partial charge in [0.05, 0.1) is 19.1 Å². The first kappa shape index (κ1) is 14.5. The number of morpholine rings is 1. The summed E-state index contributed by atoms with van der Waals surface area (Å²) in [5.41, 5.74) is 0. The van der Waals surface area contributed by atoms with Gasteiger partial charge in [-0.1, -0.05) is 0 Å². The highest BCUT2D eigenvalue weighted by atomic mass is 32.1. The molecule has 0 bridgehead atoms. The van der Waals surface area contributed by atoms with E-state index in [4.69, 9.17) is 9.84 Å². The Morgan fingerprint density at radius 3 is 2.95 bits per heavy atom. The van der Waals surface area contributed by atoms with Crippen LogP contribution in [0, 0.1) is 12.8 Å². The van der Waals surface area contributed by atoms with Gasteiger partial charge >= 0.3 is 5.97 Å². The molecule has 1 amide bonds. The first-order chi connectivity index (χ1) is 10.0. The number of ether oxygens (including phenoxy) is 1. The molecule has 1 N–H and O–H groups in total. The summed E-state index contributed by atoms with van der Waals surface area (Å²) in [6, 6.07) is 4.21. The standard InChI is InChI=1S/C15H19NO4S/c1-9-2-3-13(21-9)11-7-12(11)15(19)16-4-5-20-10(8-16)6-14(17)18/h2-3,10-12H,4-8H2,1H3,(H,17,18)/t10-,11-,12-/m1/s1. The van der Waals surface area contributed by atoms with Crippen molar-refractivity contribution >= 4 is 23.2 Å². The van der Waals surface area contributed by atoms with Gasteiger partial charge in [-0.25, -0.2) is 0 Å². The van der Waals surface area contributed by atoms with Crippen LogP contribution in [0.5, 0.6) is 0 Å². The number of carboxylic acid groups (broad SMARTS) is 1. The number of aliphatic carboxylic acids is 1. The number of nitrogens with zero attached hydrogens (tertiary/aromatic N) is 1. The van der Waals surface area contributed by atoms with Crippen molar-refractivity contribution in [1.29, 1.82) is 0 Å². The summed E-state index contributed by atoms with van der Waals surface area (Å²) in [4.78, 5) is 27.6. The molecule has 3 rings (SSSR count). The molecule has 0 unspecified atom stereocenters. The number of carboxylic acids is 1. The molecule has 1 aliphatic heterocycles. The Bertz CT molecular complexity index is 556. The van der Waals surface area contributed by atoms with Crippen molar-refractivity contribution in [3.63, 3.8) is 0 Å². The zero-order valence-corrected chi connectivity index (χ0v) is 12.8. The summed E-state index contributed by atoms with van der Waals surface area (Å²) >= 11 is 1.76. The third kappa shape index (κ3) is 3.27. The highest BCUT2D eigenvalue weighted by Crippen LogP contribution is 2.50. The van der Waals surface area contributed by atoms with Crippen LogP contribution >= 0.6 is 11.3 Å². The highest BCUT2D eigenvalue weighted by molar-refractivity contribution is 7.12. The van der Waals surface area contributed by atoms with Crippen molar-refractivity contribution in [1.82, 2.24) is 4.90 Å². The molecule has 0 aromatic carbocycles. The van der Waals surface area contributed by atoms with Gasteiger partial charge < -0.3 is 14.7 Å². The molecule has 114 valence electrons. The molecule has 3 atom stereocenters. The van der Waals surface area contributed by atoms with E-state index >= 15 is 0 Å². The first-order valence-corrected chi connectivity index (χ1v) is 8.04. The molecular weight excluding hydrogens is 290 g/mol. The topological polar surface area (TPSA) is 66.8 Å². The Morgan fingerprint density at radius 2 is 2.29 bits per heavy atom. The molecule has 5 nitrogen and oxygen atoms in total. The van der Waals surface area contributed by atoms with Crippen molar-refractivity contribution in [2.45, 2.75) is 31.8 Å². The molecular formula is C15H19NO4S. The quantitative estimate of drug-likeness (QED) is 0.922. The Hall–Kier alpha value is -1.40. The Morgan fingerprint density at radius 1 is 1.48 bits per heavy atom. The number of hydrogen-bond acceptors (Lipinski definition) is 4. The zero-order chi connectivity index (χ0) is 15.0. The molecule has 1 aliphatic carbocycles. The molecule has 2 heterocycles. The molecule has 0 radical (unpaired) electrons. The minimum atomic E-state index is -0.882. The summed E-state index contributed by atoms with van der Waals surface area (Å²) in [5.74, 6) is -0.291. The van der Waals surface area contributed by atoms with E-state index < -0.39 is 5.97 Å². The smallest absolute Gasteiger partial charge is 0.306 e. The van der Waals surface area contributed by atoms with Gasteiger partial charge in [0.1, 0.15) is 0 Å². The number of aryl methyl sites for hydroxylation is 1. The maximum atomic E-state index is 12.5. The Balaban J connectivity index is 1.57. The predicted molar refractivity (Wildman–Crippen MR) is 78.5 cm³/mol. The van der Waals surface area contributed by atoms with E-state index in [1.807, 2.05) is 0 Å². The van der Waals surface area contributed by atoms with Crippen LogP contribution in [0.1, 0.15) is 28.5 Å². The van der Waals surface area contributed by atoms with Crippen molar-refractivity contribution < 1.29 is 19.4 Å². The van der Waals surface area contributed by atoms with Crippen LogP contribution in [0.2, 0.25) is 0 Å². The van der Waals surface area contributed by atoms with Gasteiger partial charge in [-0.15, -0.1) is 11.3 Å². The van der Waals surface area contributed by atoms with E-state index in [1.54, 1.807) is 16.2 Å². The van der Waals surface area contributed by atoms with Crippen LogP contribution in [0.15, 0.2) is 12.1 Å². The first-order valence-electron chi connectivity index (χ1n) is 7.23. The van der Waals surface area contributed by atoms with Crippen LogP contribution in [0.3, 0.4) is 0 Å². The molecule has 1 saturated heterocycles. The second kappa shape index (κ2) is 5.77. The summed E-state index contributed by atoms with van der Waals surface area (Å²) < 4.78 is 5.41. The minimum Gasteiger partial charge on any atom is -0.481 e. The Labute approximate surface area is 127 Å². The molecule has 1 saturated carbocycles. The van der Waals surface area contributed by atoms with Gasteiger partial charge in [-0.2, -0.15) is 0 Å². The van der Waals surface area contributed by atoms with Gasteiger partial charge in [0, 0.05) is 34.7 Å². The van der Waals surface area contributed by atoms with Crippen LogP contribution in [0.25, 0.3) is 0 Å². The van der Waals surface area contributed by atoms with E-state index in [9.17, 15) is 9.59 Å². The maximum absolute atomic E-state index is 12.5. The van der Waals surface area contributed by atoms with Crippen molar-refractivity contribution in [2.75, 3.05) is 19.7 Å². The van der Waals surface area contributed by atoms with Crippen LogP contribution in [0.4, 0.5) is 0 Å². The summed E-state index contributed by atoms with van der Waals surface area (Å²) in [6.07, 6.45) is 0.503. The minimum absolute atomic E-state index is 0.0397. The average Bonchev–Trinajstić information content (AvgIpc) is 3.12. The molecule has 2 aliphatic rings.